The number of phenolic OH excluding ortho intramolecular Hbond substituents is 1. The molecule has 0 radical (unpaired) electrons. The van der Waals surface area contributed by atoms with Crippen LogP contribution in [0.3, 0.4) is 0 Å². The molecule has 1 aromatic heterocycles. The van der Waals surface area contributed by atoms with Gasteiger partial charge < -0.3 is 14.9 Å². The third-order valence-corrected chi connectivity index (χ3v) is 6.57. The predicted octanol–water partition coefficient (Wildman–Crippen LogP) is 4.78. The summed E-state index contributed by atoms with van der Waals surface area (Å²) in [4.78, 5) is 32.1. The fourth-order valence-electron chi connectivity index (χ4n) is 3.95. The number of ether oxygens (including phenoxy) is 1. The molecule has 170 valence electrons. The van der Waals surface area contributed by atoms with Gasteiger partial charge in [0.05, 0.1) is 28.9 Å². The highest BCUT2D eigenvalue weighted by Gasteiger charge is 2.48. The molecule has 2 N–H and O–H groups in total. The maximum atomic E-state index is 13.7. The van der Waals surface area contributed by atoms with Crippen molar-refractivity contribution >= 4 is 44.1 Å². The van der Waals surface area contributed by atoms with Gasteiger partial charge in [0.1, 0.15) is 11.6 Å². The highest BCUT2D eigenvalue weighted by atomic mass is 32.1. The number of hydrogen-bond acceptors (Lipinski definition) is 7. The molecule has 0 bridgehead atoms. The van der Waals surface area contributed by atoms with E-state index in [1.54, 1.807) is 30.3 Å². The monoisotopic (exact) mass is 476 g/mol. The Morgan fingerprint density at radius 1 is 1.09 bits per heavy atom. The first-order valence-electron chi connectivity index (χ1n) is 10.2. The number of hydrogen-bond donors (Lipinski definition) is 2. The second-order valence-corrected chi connectivity index (χ2v) is 8.58. The number of thiazole rings is 1. The number of fused-ring (bicyclic) bond motifs is 1. The Morgan fingerprint density at radius 3 is 2.59 bits per heavy atom. The van der Waals surface area contributed by atoms with Gasteiger partial charge in [0, 0.05) is 5.56 Å². The lowest BCUT2D eigenvalue weighted by atomic mass is 9.95. The number of aliphatic hydroxyl groups excluding tert-OH is 1. The summed E-state index contributed by atoms with van der Waals surface area (Å²) in [5.74, 6) is -2.55. The predicted molar refractivity (Wildman–Crippen MR) is 125 cm³/mol. The van der Waals surface area contributed by atoms with Crippen LogP contribution in [-0.4, -0.2) is 34.0 Å². The third-order valence-electron chi connectivity index (χ3n) is 5.56. The third kappa shape index (κ3) is 3.46. The van der Waals surface area contributed by atoms with Crippen LogP contribution >= 0.6 is 11.3 Å². The van der Waals surface area contributed by atoms with Crippen LogP contribution in [0.4, 0.5) is 9.52 Å². The van der Waals surface area contributed by atoms with Gasteiger partial charge in [0.25, 0.3) is 5.78 Å². The summed E-state index contributed by atoms with van der Waals surface area (Å²) in [6.07, 6.45) is 0. The highest BCUT2D eigenvalue weighted by Crippen LogP contribution is 2.45. The summed E-state index contributed by atoms with van der Waals surface area (Å²) >= 11 is 1.05. The number of carbonyl (C=O) groups excluding carboxylic acids is 2. The number of ketones is 1. The van der Waals surface area contributed by atoms with Crippen molar-refractivity contribution in [1.29, 1.82) is 0 Å². The number of aliphatic hydroxyl groups is 1. The summed E-state index contributed by atoms with van der Waals surface area (Å²) in [6, 6.07) is 15.8. The Balaban J connectivity index is 1.75. The topological polar surface area (TPSA) is 100.0 Å². The number of amides is 1. The zero-order valence-corrected chi connectivity index (χ0v) is 18.5. The van der Waals surface area contributed by atoms with Gasteiger partial charge in [0.2, 0.25) is 0 Å². The summed E-state index contributed by atoms with van der Waals surface area (Å²) in [7, 11) is 1.38. The summed E-state index contributed by atoms with van der Waals surface area (Å²) < 4.78 is 19.5. The Bertz CT molecular complexity index is 1480. The highest BCUT2D eigenvalue weighted by molar-refractivity contribution is 7.22. The minimum Gasteiger partial charge on any atom is -0.507 e. The van der Waals surface area contributed by atoms with Crippen LogP contribution < -0.4 is 9.64 Å². The lowest BCUT2D eigenvalue weighted by Gasteiger charge is -2.23. The number of carbonyl (C=O) groups is 2. The zero-order valence-electron chi connectivity index (χ0n) is 17.7. The Morgan fingerprint density at radius 2 is 1.85 bits per heavy atom. The summed E-state index contributed by atoms with van der Waals surface area (Å²) in [6.45, 7) is 0. The number of aromatic nitrogens is 1. The summed E-state index contributed by atoms with van der Waals surface area (Å²) in [5, 5.41) is 21.3. The number of halogens is 1. The fourth-order valence-corrected chi connectivity index (χ4v) is 4.97. The molecule has 2 heterocycles. The van der Waals surface area contributed by atoms with Crippen molar-refractivity contribution in [3.05, 3.63) is 89.2 Å². The Kier molecular flexibility index (Phi) is 5.25. The van der Waals surface area contributed by atoms with Gasteiger partial charge in [-0.25, -0.2) is 9.37 Å². The van der Waals surface area contributed by atoms with Gasteiger partial charge in [-0.05, 0) is 35.9 Å². The largest absolute Gasteiger partial charge is 0.507 e. The van der Waals surface area contributed by atoms with Crippen LogP contribution in [0.1, 0.15) is 17.2 Å². The number of aromatic hydroxyl groups is 1. The normalized spacial score (nSPS) is 17.5. The van der Waals surface area contributed by atoms with Crippen molar-refractivity contribution in [1.82, 2.24) is 4.98 Å². The van der Waals surface area contributed by atoms with Gasteiger partial charge in [-0.1, -0.05) is 47.7 Å². The molecule has 5 rings (SSSR count). The second-order valence-electron chi connectivity index (χ2n) is 7.57. The minimum atomic E-state index is -1.06. The van der Waals surface area contributed by atoms with Gasteiger partial charge in [-0.3, -0.25) is 14.5 Å². The molecular formula is C25H17FN2O5S. The van der Waals surface area contributed by atoms with Crippen molar-refractivity contribution in [2.24, 2.45) is 0 Å². The second kappa shape index (κ2) is 8.27. The quantitative estimate of drug-likeness (QED) is 0.250. The molecular weight excluding hydrogens is 459 g/mol. The van der Waals surface area contributed by atoms with Gasteiger partial charge >= 0.3 is 5.91 Å². The Hall–Kier alpha value is -4.24. The number of benzene rings is 3. The lowest BCUT2D eigenvalue weighted by Crippen LogP contribution is -2.29. The molecule has 1 aliphatic rings. The molecule has 1 saturated heterocycles. The van der Waals surface area contributed by atoms with Crippen molar-refractivity contribution in [3.8, 4) is 11.5 Å². The molecule has 3 aromatic carbocycles. The van der Waals surface area contributed by atoms with Crippen molar-refractivity contribution < 1.29 is 28.9 Å². The van der Waals surface area contributed by atoms with E-state index in [0.29, 0.717) is 21.3 Å². The van der Waals surface area contributed by atoms with Gasteiger partial charge in [-0.15, -0.1) is 0 Å². The van der Waals surface area contributed by atoms with Crippen LogP contribution in [0.25, 0.3) is 16.0 Å². The average Bonchev–Trinajstić information content (AvgIpc) is 3.37. The van der Waals surface area contributed by atoms with E-state index in [4.69, 9.17) is 4.74 Å². The number of rotatable bonds is 4. The maximum Gasteiger partial charge on any atom is 0.301 e. The number of Topliss-reactive ketones (excluding diaryl/α,β-unsaturated/α-hetero) is 1. The van der Waals surface area contributed by atoms with Crippen molar-refractivity contribution in [2.75, 3.05) is 12.0 Å². The molecule has 34 heavy (non-hydrogen) atoms. The molecule has 7 nitrogen and oxygen atoms in total. The van der Waals surface area contributed by atoms with E-state index in [1.807, 2.05) is 0 Å². The number of anilines is 1. The first-order chi connectivity index (χ1) is 16.4. The molecule has 1 unspecified atom stereocenters. The van der Waals surface area contributed by atoms with Gasteiger partial charge in [-0.2, -0.15) is 0 Å². The molecule has 1 aliphatic heterocycles. The molecule has 4 aromatic rings. The number of methoxy groups -OCH3 is 1. The Labute approximate surface area is 197 Å². The lowest BCUT2D eigenvalue weighted by molar-refractivity contribution is -0.132. The molecule has 0 saturated carbocycles. The van der Waals surface area contributed by atoms with E-state index in [2.05, 4.69) is 4.98 Å². The van der Waals surface area contributed by atoms with E-state index in [1.165, 1.54) is 48.4 Å². The molecule has 1 fully saturated rings. The molecule has 1 atom stereocenters. The van der Waals surface area contributed by atoms with E-state index < -0.39 is 23.5 Å². The minimum absolute atomic E-state index is 0.123. The zero-order chi connectivity index (χ0) is 24.0. The van der Waals surface area contributed by atoms with Crippen molar-refractivity contribution in [2.45, 2.75) is 6.04 Å². The van der Waals surface area contributed by atoms with E-state index >= 15 is 0 Å². The molecule has 1 amide bonds. The van der Waals surface area contributed by atoms with Gasteiger partial charge in [0.15, 0.2) is 16.6 Å². The van der Waals surface area contributed by atoms with Crippen molar-refractivity contribution in [3.63, 3.8) is 0 Å². The molecule has 0 aliphatic carbocycles. The number of phenols is 1. The summed E-state index contributed by atoms with van der Waals surface area (Å²) in [5.41, 5.74) is 1.11. The van der Waals surface area contributed by atoms with Crippen LogP contribution in [-0.2, 0) is 9.59 Å². The van der Waals surface area contributed by atoms with Crippen LogP contribution in [0, 0.1) is 5.82 Å². The van der Waals surface area contributed by atoms with Crippen LogP contribution in [0.5, 0.6) is 11.5 Å². The van der Waals surface area contributed by atoms with E-state index in [0.717, 1.165) is 11.3 Å². The smallest absolute Gasteiger partial charge is 0.301 e. The first kappa shape index (κ1) is 21.6. The standard InChI is InChI=1S/C25H17FN2O5S/c1-33-18-11-14(7-10-17(18)29)21-20(22(30)13-5-3-2-4-6-13)23(31)24(32)28(21)25-27-16-9-8-15(26)12-19(16)34-25/h2-12,21,29-30H,1H3/b22-20+. The fraction of sp³-hybridized carbons (Fsp3) is 0.0800. The first-order valence-corrected chi connectivity index (χ1v) is 11.0. The maximum absolute atomic E-state index is 13.7. The van der Waals surface area contributed by atoms with Crippen LogP contribution in [0.15, 0.2) is 72.3 Å². The molecule has 9 heteroatoms. The number of nitrogens with zero attached hydrogens (tertiary/aromatic N) is 2. The molecule has 0 spiro atoms. The van der Waals surface area contributed by atoms with E-state index in [-0.39, 0.29) is 28.0 Å². The average molecular weight is 476 g/mol. The van der Waals surface area contributed by atoms with Crippen LogP contribution in [0.2, 0.25) is 0 Å². The van der Waals surface area contributed by atoms with E-state index in [9.17, 15) is 24.2 Å². The SMILES string of the molecule is COc1cc(C2/C(=C(\O)c3ccccc3)C(=O)C(=O)N2c2nc3ccc(F)cc3s2)ccc1O.